The molecular formula is C11H14N2O4. The molecule has 0 radical (unpaired) electrons. The number of hydrogen-bond donors (Lipinski definition) is 1. The summed E-state index contributed by atoms with van der Waals surface area (Å²) in [7, 11) is 1.46. The molecule has 92 valence electrons. The first-order valence-electron chi connectivity index (χ1n) is 5.12. The van der Waals surface area contributed by atoms with Crippen molar-refractivity contribution in [2.24, 2.45) is 0 Å². The predicted octanol–water partition coefficient (Wildman–Crippen LogP) is 2.38. The quantitative estimate of drug-likeness (QED) is 0.271. The van der Waals surface area contributed by atoms with E-state index in [1.165, 1.54) is 19.2 Å². The minimum absolute atomic E-state index is 0.0403. The molecule has 17 heavy (non-hydrogen) atoms. The van der Waals surface area contributed by atoms with Gasteiger partial charge in [0, 0.05) is 18.6 Å². The van der Waals surface area contributed by atoms with Crippen molar-refractivity contribution in [3.63, 3.8) is 0 Å². The van der Waals surface area contributed by atoms with Crippen LogP contribution in [0.2, 0.25) is 0 Å². The maximum Gasteiger partial charge on any atom is 0.269 e. The summed E-state index contributed by atoms with van der Waals surface area (Å²) in [6.45, 7) is 0.448. The number of nitrogens with one attached hydrogen (secondary N) is 1. The number of nitro benzene ring substituents is 1. The van der Waals surface area contributed by atoms with Gasteiger partial charge in [0.2, 0.25) is 0 Å². The highest BCUT2D eigenvalue weighted by Gasteiger charge is 2.04. The van der Waals surface area contributed by atoms with Crippen LogP contribution in [0.1, 0.15) is 12.8 Å². The zero-order chi connectivity index (χ0) is 12.7. The van der Waals surface area contributed by atoms with Gasteiger partial charge < -0.3 is 9.47 Å². The van der Waals surface area contributed by atoms with Crippen LogP contribution in [0.3, 0.4) is 0 Å². The molecule has 0 spiro atoms. The second-order valence-corrected chi connectivity index (χ2v) is 3.33. The lowest BCUT2D eigenvalue weighted by Crippen LogP contribution is -2.03. The third-order valence-corrected chi connectivity index (χ3v) is 2.11. The Bertz CT molecular complexity index is 389. The van der Waals surface area contributed by atoms with E-state index in [1.54, 1.807) is 12.1 Å². The first-order chi connectivity index (χ1) is 8.13. The molecule has 0 saturated carbocycles. The SMILES string of the molecule is COC(=N)CCCOc1ccc([N+](=O)[O-])cc1. The van der Waals surface area contributed by atoms with Crippen LogP contribution in [0.5, 0.6) is 5.75 Å². The van der Waals surface area contributed by atoms with Crippen LogP contribution in [0, 0.1) is 15.5 Å². The Morgan fingerprint density at radius 2 is 2.06 bits per heavy atom. The molecule has 0 bridgehead atoms. The minimum Gasteiger partial charge on any atom is -0.494 e. The summed E-state index contributed by atoms with van der Waals surface area (Å²) in [5.74, 6) is 0.803. The van der Waals surface area contributed by atoms with E-state index < -0.39 is 4.92 Å². The third-order valence-electron chi connectivity index (χ3n) is 2.11. The van der Waals surface area contributed by atoms with Gasteiger partial charge in [-0.05, 0) is 18.6 Å². The fraction of sp³-hybridized carbons (Fsp3) is 0.364. The van der Waals surface area contributed by atoms with Crippen LogP contribution in [-0.4, -0.2) is 24.5 Å². The van der Waals surface area contributed by atoms with Crippen molar-refractivity contribution in [3.8, 4) is 5.75 Å². The summed E-state index contributed by atoms with van der Waals surface area (Å²) in [5.41, 5.74) is 0.0403. The van der Waals surface area contributed by atoms with Crippen LogP contribution >= 0.6 is 0 Å². The zero-order valence-electron chi connectivity index (χ0n) is 9.51. The number of benzene rings is 1. The summed E-state index contributed by atoms with van der Waals surface area (Å²) in [4.78, 5) is 9.95. The molecule has 0 atom stereocenters. The molecule has 0 aromatic heterocycles. The molecule has 0 unspecified atom stereocenters. The van der Waals surface area contributed by atoms with Gasteiger partial charge in [-0.2, -0.15) is 0 Å². The number of non-ortho nitro benzene ring substituents is 1. The minimum atomic E-state index is -0.455. The molecule has 6 heteroatoms. The van der Waals surface area contributed by atoms with Crippen LogP contribution < -0.4 is 4.74 Å². The van der Waals surface area contributed by atoms with Gasteiger partial charge in [-0.15, -0.1) is 0 Å². The van der Waals surface area contributed by atoms with Crippen molar-refractivity contribution in [1.82, 2.24) is 0 Å². The van der Waals surface area contributed by atoms with Crippen molar-refractivity contribution >= 4 is 11.6 Å². The average Bonchev–Trinajstić information content (AvgIpc) is 2.34. The fourth-order valence-electron chi connectivity index (χ4n) is 1.19. The van der Waals surface area contributed by atoms with E-state index in [-0.39, 0.29) is 11.6 Å². The van der Waals surface area contributed by atoms with Crippen molar-refractivity contribution in [2.45, 2.75) is 12.8 Å². The van der Waals surface area contributed by atoms with Crippen LogP contribution in [0.15, 0.2) is 24.3 Å². The molecule has 0 aliphatic carbocycles. The molecule has 1 N–H and O–H groups in total. The molecule has 6 nitrogen and oxygen atoms in total. The Kier molecular flexibility index (Phi) is 4.93. The van der Waals surface area contributed by atoms with E-state index in [4.69, 9.17) is 14.9 Å². The molecule has 0 amide bonds. The lowest BCUT2D eigenvalue weighted by atomic mass is 10.3. The third kappa shape index (κ3) is 4.50. The summed E-state index contributed by atoms with van der Waals surface area (Å²) in [6.07, 6.45) is 1.19. The van der Waals surface area contributed by atoms with Gasteiger partial charge in [0.1, 0.15) is 5.75 Å². The van der Waals surface area contributed by atoms with E-state index in [1.807, 2.05) is 0 Å². The van der Waals surface area contributed by atoms with Crippen LogP contribution in [-0.2, 0) is 4.74 Å². The number of nitrogens with zero attached hydrogens (tertiary/aromatic N) is 1. The van der Waals surface area contributed by atoms with Crippen molar-refractivity contribution in [1.29, 1.82) is 5.41 Å². The Morgan fingerprint density at radius 1 is 1.41 bits per heavy atom. The highest BCUT2D eigenvalue weighted by molar-refractivity contribution is 5.72. The molecule has 0 fully saturated rings. The first kappa shape index (κ1) is 13.0. The molecule has 0 aliphatic heterocycles. The number of rotatable bonds is 6. The molecule has 0 aliphatic rings. The second-order valence-electron chi connectivity index (χ2n) is 3.33. The van der Waals surface area contributed by atoms with Crippen molar-refractivity contribution < 1.29 is 14.4 Å². The predicted molar refractivity (Wildman–Crippen MR) is 62.6 cm³/mol. The lowest BCUT2D eigenvalue weighted by Gasteiger charge is -2.05. The molecule has 0 saturated heterocycles. The van der Waals surface area contributed by atoms with Crippen LogP contribution in [0.4, 0.5) is 5.69 Å². The van der Waals surface area contributed by atoms with E-state index in [0.29, 0.717) is 25.2 Å². The van der Waals surface area contributed by atoms with Gasteiger partial charge in [0.25, 0.3) is 5.69 Å². The highest BCUT2D eigenvalue weighted by atomic mass is 16.6. The molecule has 1 rings (SSSR count). The van der Waals surface area contributed by atoms with Crippen molar-refractivity contribution in [3.05, 3.63) is 34.4 Å². The second kappa shape index (κ2) is 6.47. The lowest BCUT2D eigenvalue weighted by molar-refractivity contribution is -0.384. The monoisotopic (exact) mass is 238 g/mol. The number of hydrogen-bond acceptors (Lipinski definition) is 5. The average molecular weight is 238 g/mol. The highest BCUT2D eigenvalue weighted by Crippen LogP contribution is 2.17. The topological polar surface area (TPSA) is 85.5 Å². The number of nitro groups is 1. The van der Waals surface area contributed by atoms with Gasteiger partial charge in [-0.1, -0.05) is 0 Å². The Morgan fingerprint density at radius 3 is 2.59 bits per heavy atom. The normalized spacial score (nSPS) is 9.71. The van der Waals surface area contributed by atoms with E-state index >= 15 is 0 Å². The smallest absolute Gasteiger partial charge is 0.269 e. The van der Waals surface area contributed by atoms with Gasteiger partial charge >= 0.3 is 0 Å². The fourth-order valence-corrected chi connectivity index (χ4v) is 1.19. The maximum atomic E-state index is 10.4. The largest absolute Gasteiger partial charge is 0.494 e. The van der Waals surface area contributed by atoms with Gasteiger partial charge in [-0.3, -0.25) is 15.5 Å². The summed E-state index contributed by atoms with van der Waals surface area (Å²) in [5, 5.41) is 17.7. The van der Waals surface area contributed by atoms with Gasteiger partial charge in [-0.25, -0.2) is 0 Å². The summed E-state index contributed by atoms with van der Waals surface area (Å²) >= 11 is 0. The number of methoxy groups -OCH3 is 1. The Hall–Kier alpha value is -2.11. The van der Waals surface area contributed by atoms with Crippen LogP contribution in [0.25, 0.3) is 0 Å². The van der Waals surface area contributed by atoms with Gasteiger partial charge in [0.15, 0.2) is 5.90 Å². The van der Waals surface area contributed by atoms with E-state index in [0.717, 1.165) is 0 Å². The molecule has 0 heterocycles. The van der Waals surface area contributed by atoms with E-state index in [2.05, 4.69) is 0 Å². The Balaban J connectivity index is 2.32. The zero-order valence-corrected chi connectivity index (χ0v) is 9.51. The summed E-state index contributed by atoms with van der Waals surface area (Å²) < 4.78 is 10.1. The summed E-state index contributed by atoms with van der Waals surface area (Å²) in [6, 6.07) is 5.90. The van der Waals surface area contributed by atoms with Gasteiger partial charge in [0.05, 0.1) is 18.6 Å². The maximum absolute atomic E-state index is 10.4. The molecule has 1 aromatic rings. The molecule has 1 aromatic carbocycles. The van der Waals surface area contributed by atoms with E-state index in [9.17, 15) is 10.1 Å². The number of ether oxygens (including phenoxy) is 2. The Labute approximate surface area is 98.8 Å². The molecular weight excluding hydrogens is 224 g/mol. The van der Waals surface area contributed by atoms with Crippen molar-refractivity contribution in [2.75, 3.05) is 13.7 Å². The first-order valence-corrected chi connectivity index (χ1v) is 5.12. The standard InChI is InChI=1S/C11H14N2O4/c1-16-11(12)3-2-8-17-10-6-4-9(5-7-10)13(14)15/h4-7,12H,2-3,8H2,1H3.